The maximum absolute atomic E-state index is 10.5. The Morgan fingerprint density at radius 2 is 1.94 bits per heavy atom. The van der Waals surface area contributed by atoms with Crippen molar-refractivity contribution >= 4 is 0 Å². The highest BCUT2D eigenvalue weighted by Crippen LogP contribution is 2.39. The van der Waals surface area contributed by atoms with Crippen LogP contribution in [-0.4, -0.2) is 29.6 Å². The summed E-state index contributed by atoms with van der Waals surface area (Å²) in [6.45, 7) is 7.80. The molecule has 1 fully saturated rings. The largest absolute Gasteiger partial charge is 0.388 e. The maximum Gasteiger partial charge on any atom is 0.0836 e. The molecule has 2 heteroatoms. The van der Waals surface area contributed by atoms with Gasteiger partial charge in [0, 0.05) is 12.5 Å². The van der Waals surface area contributed by atoms with Crippen LogP contribution in [0.3, 0.4) is 0 Å². The normalized spacial score (nSPS) is 27.7. The highest BCUT2D eigenvalue weighted by molar-refractivity contribution is 5.43. The van der Waals surface area contributed by atoms with Gasteiger partial charge in [-0.2, -0.15) is 0 Å². The van der Waals surface area contributed by atoms with Crippen molar-refractivity contribution in [3.8, 4) is 0 Å². The van der Waals surface area contributed by atoms with E-state index in [2.05, 4.69) is 30.9 Å². The molecule has 2 nitrogen and oxygen atoms in total. The van der Waals surface area contributed by atoms with Gasteiger partial charge < -0.3 is 10.0 Å². The molecule has 2 atom stereocenters. The van der Waals surface area contributed by atoms with Crippen molar-refractivity contribution in [2.45, 2.75) is 39.2 Å². The van der Waals surface area contributed by atoms with E-state index in [1.54, 1.807) is 0 Å². The Labute approximate surface area is 110 Å². The first kappa shape index (κ1) is 12.2. The van der Waals surface area contributed by atoms with Crippen LogP contribution in [0.1, 0.15) is 41.2 Å². The number of aliphatic hydroxyl groups excluding tert-OH is 1. The Balaban J connectivity index is 1.80. The number of likely N-dealkylation sites (tertiary alicyclic amines) is 1. The van der Waals surface area contributed by atoms with Gasteiger partial charge in [0.2, 0.25) is 0 Å². The second kappa shape index (κ2) is 4.67. The van der Waals surface area contributed by atoms with Gasteiger partial charge in [-0.1, -0.05) is 17.7 Å². The summed E-state index contributed by atoms with van der Waals surface area (Å²) in [5, 5.41) is 10.5. The van der Waals surface area contributed by atoms with Crippen LogP contribution >= 0.6 is 0 Å². The standard InChI is InChI=1S/C16H23NO/c1-11-7-12(2)14-9-13(16(18)15(14)8-11)10-17-5-3-4-6-17/h7-8,13,16,18H,3-6,9-10H2,1-2H3. The molecule has 2 aliphatic rings. The number of hydrogen-bond acceptors (Lipinski definition) is 2. The van der Waals surface area contributed by atoms with Crippen LogP contribution in [0.4, 0.5) is 0 Å². The predicted octanol–water partition coefficient (Wildman–Crippen LogP) is 2.60. The Morgan fingerprint density at radius 3 is 2.67 bits per heavy atom. The van der Waals surface area contributed by atoms with Gasteiger partial charge >= 0.3 is 0 Å². The van der Waals surface area contributed by atoms with Gasteiger partial charge in [-0.15, -0.1) is 0 Å². The van der Waals surface area contributed by atoms with E-state index in [1.165, 1.54) is 48.2 Å². The molecule has 0 bridgehead atoms. The van der Waals surface area contributed by atoms with Gasteiger partial charge in [0.15, 0.2) is 0 Å². The Bertz CT molecular complexity index is 449. The van der Waals surface area contributed by atoms with Crippen LogP contribution in [0.15, 0.2) is 12.1 Å². The Kier molecular flexibility index (Phi) is 3.16. The van der Waals surface area contributed by atoms with Gasteiger partial charge in [0.1, 0.15) is 0 Å². The zero-order valence-corrected chi connectivity index (χ0v) is 11.4. The third kappa shape index (κ3) is 2.08. The summed E-state index contributed by atoms with van der Waals surface area (Å²) < 4.78 is 0. The fourth-order valence-corrected chi connectivity index (χ4v) is 3.66. The van der Waals surface area contributed by atoms with Crippen molar-refractivity contribution in [2.24, 2.45) is 5.92 Å². The average molecular weight is 245 g/mol. The molecule has 0 amide bonds. The number of rotatable bonds is 2. The quantitative estimate of drug-likeness (QED) is 0.865. The third-order valence-corrected chi connectivity index (χ3v) is 4.57. The fourth-order valence-electron chi connectivity index (χ4n) is 3.66. The van der Waals surface area contributed by atoms with E-state index in [4.69, 9.17) is 0 Å². The molecular formula is C16H23NO. The number of nitrogens with zero attached hydrogens (tertiary/aromatic N) is 1. The summed E-state index contributed by atoms with van der Waals surface area (Å²) in [4.78, 5) is 2.52. The lowest BCUT2D eigenvalue weighted by Gasteiger charge is -2.22. The molecule has 0 radical (unpaired) electrons. The molecule has 98 valence electrons. The molecule has 1 aromatic carbocycles. The highest BCUT2D eigenvalue weighted by Gasteiger charge is 2.33. The first-order chi connectivity index (χ1) is 8.65. The maximum atomic E-state index is 10.5. The fraction of sp³-hybridized carbons (Fsp3) is 0.625. The van der Waals surface area contributed by atoms with E-state index < -0.39 is 0 Å². The van der Waals surface area contributed by atoms with Crippen LogP contribution in [-0.2, 0) is 6.42 Å². The van der Waals surface area contributed by atoms with Crippen molar-refractivity contribution in [1.29, 1.82) is 0 Å². The third-order valence-electron chi connectivity index (χ3n) is 4.57. The SMILES string of the molecule is Cc1cc(C)c2c(c1)C(O)C(CN1CCCC1)C2. The zero-order chi connectivity index (χ0) is 12.7. The van der Waals surface area contributed by atoms with Gasteiger partial charge in [-0.3, -0.25) is 0 Å². The molecule has 1 N–H and O–H groups in total. The molecule has 0 spiro atoms. The van der Waals surface area contributed by atoms with Gasteiger partial charge in [0.25, 0.3) is 0 Å². The zero-order valence-electron chi connectivity index (χ0n) is 11.4. The molecule has 0 saturated carbocycles. The number of benzene rings is 1. The minimum absolute atomic E-state index is 0.251. The van der Waals surface area contributed by atoms with Gasteiger partial charge in [-0.25, -0.2) is 0 Å². The summed E-state index contributed by atoms with van der Waals surface area (Å²) in [6, 6.07) is 4.42. The number of aliphatic hydroxyl groups is 1. The van der Waals surface area contributed by atoms with E-state index in [0.29, 0.717) is 5.92 Å². The van der Waals surface area contributed by atoms with Crippen molar-refractivity contribution < 1.29 is 5.11 Å². The van der Waals surface area contributed by atoms with Gasteiger partial charge in [0.05, 0.1) is 6.10 Å². The second-order valence-electron chi connectivity index (χ2n) is 6.07. The first-order valence-corrected chi connectivity index (χ1v) is 7.15. The lowest BCUT2D eigenvalue weighted by molar-refractivity contribution is 0.0989. The minimum atomic E-state index is -0.251. The molecule has 1 aromatic rings. The molecule has 1 heterocycles. The average Bonchev–Trinajstić information content (AvgIpc) is 2.91. The van der Waals surface area contributed by atoms with E-state index >= 15 is 0 Å². The summed E-state index contributed by atoms with van der Waals surface area (Å²) in [6.07, 6.45) is 3.46. The summed E-state index contributed by atoms with van der Waals surface area (Å²) >= 11 is 0. The Hall–Kier alpha value is -0.860. The lowest BCUT2D eigenvalue weighted by Crippen LogP contribution is -2.28. The van der Waals surface area contributed by atoms with E-state index in [-0.39, 0.29) is 6.10 Å². The predicted molar refractivity (Wildman–Crippen MR) is 73.7 cm³/mol. The number of aryl methyl sites for hydroxylation is 2. The van der Waals surface area contributed by atoms with E-state index in [9.17, 15) is 5.11 Å². The molecule has 18 heavy (non-hydrogen) atoms. The summed E-state index contributed by atoms with van der Waals surface area (Å²) in [5.74, 6) is 0.401. The van der Waals surface area contributed by atoms with Crippen LogP contribution in [0.2, 0.25) is 0 Å². The van der Waals surface area contributed by atoms with E-state index in [1.807, 2.05) is 0 Å². The molecular weight excluding hydrogens is 222 g/mol. The van der Waals surface area contributed by atoms with Gasteiger partial charge in [-0.05, 0) is 62.9 Å². The first-order valence-electron chi connectivity index (χ1n) is 7.15. The van der Waals surface area contributed by atoms with Crippen LogP contribution in [0.25, 0.3) is 0 Å². The summed E-state index contributed by atoms with van der Waals surface area (Å²) in [7, 11) is 0. The van der Waals surface area contributed by atoms with Crippen molar-refractivity contribution in [1.82, 2.24) is 4.90 Å². The van der Waals surface area contributed by atoms with Crippen LogP contribution in [0.5, 0.6) is 0 Å². The number of fused-ring (bicyclic) bond motifs is 1. The van der Waals surface area contributed by atoms with Crippen LogP contribution < -0.4 is 0 Å². The molecule has 1 aliphatic carbocycles. The molecule has 1 aliphatic heterocycles. The summed E-state index contributed by atoms with van der Waals surface area (Å²) in [5.41, 5.74) is 5.22. The lowest BCUT2D eigenvalue weighted by atomic mass is 10.0. The molecule has 3 rings (SSSR count). The van der Waals surface area contributed by atoms with Crippen molar-refractivity contribution in [3.05, 3.63) is 34.4 Å². The van der Waals surface area contributed by atoms with Crippen molar-refractivity contribution in [2.75, 3.05) is 19.6 Å². The topological polar surface area (TPSA) is 23.5 Å². The highest BCUT2D eigenvalue weighted by atomic mass is 16.3. The Morgan fingerprint density at radius 1 is 1.22 bits per heavy atom. The molecule has 0 aromatic heterocycles. The minimum Gasteiger partial charge on any atom is -0.388 e. The second-order valence-corrected chi connectivity index (χ2v) is 6.07. The van der Waals surface area contributed by atoms with E-state index in [0.717, 1.165) is 13.0 Å². The smallest absolute Gasteiger partial charge is 0.0836 e. The van der Waals surface area contributed by atoms with Crippen molar-refractivity contribution in [3.63, 3.8) is 0 Å². The monoisotopic (exact) mass is 245 g/mol. The molecule has 2 unspecified atom stereocenters. The number of hydrogen-bond donors (Lipinski definition) is 1. The molecule has 1 saturated heterocycles. The van der Waals surface area contributed by atoms with Crippen LogP contribution in [0, 0.1) is 19.8 Å².